The number of hydrogen-bond donors (Lipinski definition) is 0. The van der Waals surface area contributed by atoms with Crippen molar-refractivity contribution in [3.63, 3.8) is 0 Å². The van der Waals surface area contributed by atoms with Crippen LogP contribution in [0, 0.1) is 0 Å². The SMILES string of the molecule is CC1(C)c2ccccc2-c2ccc(N(c3ccc(-c4ccccc4)cc3)c3ccc(C4C=c5c(n(-c6ccccc6)c6ccccc56)=CC4)cc3)cc21. The maximum atomic E-state index is 2.49. The summed E-state index contributed by atoms with van der Waals surface area (Å²) in [5.41, 5.74) is 15.0. The molecule has 0 amide bonds. The van der Waals surface area contributed by atoms with Crippen molar-refractivity contribution >= 4 is 40.1 Å². The van der Waals surface area contributed by atoms with E-state index in [9.17, 15) is 0 Å². The van der Waals surface area contributed by atoms with Crippen LogP contribution in [0.1, 0.15) is 42.9 Å². The Balaban J connectivity index is 1.05. The summed E-state index contributed by atoms with van der Waals surface area (Å²) in [6.07, 6.45) is 5.89. The lowest BCUT2D eigenvalue weighted by Gasteiger charge is -2.28. The van der Waals surface area contributed by atoms with Crippen molar-refractivity contribution in [2.24, 2.45) is 0 Å². The molecule has 0 spiro atoms. The number of anilines is 3. The predicted molar refractivity (Wildman–Crippen MR) is 223 cm³/mol. The number of para-hydroxylation sites is 2. The van der Waals surface area contributed by atoms with E-state index in [0.717, 1.165) is 17.8 Å². The van der Waals surface area contributed by atoms with E-state index >= 15 is 0 Å². The highest BCUT2D eigenvalue weighted by molar-refractivity contribution is 5.87. The Morgan fingerprint density at radius 3 is 1.92 bits per heavy atom. The van der Waals surface area contributed by atoms with Crippen molar-refractivity contribution < 1.29 is 0 Å². The molecule has 0 bridgehead atoms. The largest absolute Gasteiger partial charge is 0.310 e. The third kappa shape index (κ3) is 5.17. The number of hydrogen-bond acceptors (Lipinski definition) is 1. The van der Waals surface area contributed by atoms with E-state index in [1.54, 1.807) is 0 Å². The van der Waals surface area contributed by atoms with Crippen molar-refractivity contribution in [3.05, 3.63) is 203 Å². The smallest absolute Gasteiger partial charge is 0.0540 e. The van der Waals surface area contributed by atoms with Gasteiger partial charge in [0.15, 0.2) is 0 Å². The lowest BCUT2D eigenvalue weighted by molar-refractivity contribution is 0.660. The summed E-state index contributed by atoms with van der Waals surface area (Å²) in [7, 11) is 0. The van der Waals surface area contributed by atoms with Crippen LogP contribution in [0.4, 0.5) is 17.1 Å². The van der Waals surface area contributed by atoms with E-state index in [2.05, 4.69) is 211 Å². The first-order valence-electron chi connectivity index (χ1n) is 18.7. The highest BCUT2D eigenvalue weighted by Gasteiger charge is 2.35. The molecule has 0 saturated carbocycles. The zero-order chi connectivity index (χ0) is 35.5. The second kappa shape index (κ2) is 12.4. The van der Waals surface area contributed by atoms with Gasteiger partial charge in [0.1, 0.15) is 0 Å². The fourth-order valence-corrected chi connectivity index (χ4v) is 8.84. The van der Waals surface area contributed by atoms with Crippen molar-refractivity contribution in [1.29, 1.82) is 0 Å². The molecule has 0 radical (unpaired) electrons. The Kier molecular flexibility index (Phi) is 7.33. The van der Waals surface area contributed by atoms with Crippen LogP contribution in [0.25, 0.3) is 51.0 Å². The maximum absolute atomic E-state index is 2.49. The van der Waals surface area contributed by atoms with E-state index in [1.807, 2.05) is 0 Å². The fourth-order valence-electron chi connectivity index (χ4n) is 8.84. The number of nitrogens with zero attached hydrogens (tertiary/aromatic N) is 2. The molecule has 7 aromatic carbocycles. The summed E-state index contributed by atoms with van der Waals surface area (Å²) in [6, 6.07) is 64.4. The first-order valence-corrected chi connectivity index (χ1v) is 18.7. The van der Waals surface area contributed by atoms with E-state index in [-0.39, 0.29) is 5.41 Å². The van der Waals surface area contributed by atoms with Gasteiger partial charge in [-0.3, -0.25) is 0 Å². The molecule has 1 heterocycles. The van der Waals surface area contributed by atoms with Crippen molar-refractivity contribution in [3.8, 4) is 27.9 Å². The molecule has 8 aromatic rings. The molecule has 0 saturated heterocycles. The van der Waals surface area contributed by atoms with Gasteiger partial charge in [0.2, 0.25) is 0 Å². The summed E-state index contributed by atoms with van der Waals surface area (Å²) < 4.78 is 2.41. The Hall–Kier alpha value is -6.38. The Morgan fingerprint density at radius 1 is 0.547 bits per heavy atom. The number of aromatic nitrogens is 1. The Labute approximate surface area is 311 Å². The van der Waals surface area contributed by atoms with E-state index in [1.165, 1.54) is 71.8 Å². The lowest BCUT2D eigenvalue weighted by Crippen LogP contribution is -2.31. The molecule has 0 N–H and O–H groups in total. The third-order valence-electron chi connectivity index (χ3n) is 11.5. The second-order valence-corrected chi connectivity index (χ2v) is 14.9. The predicted octanol–water partition coefficient (Wildman–Crippen LogP) is 11.8. The monoisotopic (exact) mass is 680 g/mol. The van der Waals surface area contributed by atoms with Gasteiger partial charge >= 0.3 is 0 Å². The van der Waals surface area contributed by atoms with Gasteiger partial charge in [-0.25, -0.2) is 0 Å². The van der Waals surface area contributed by atoms with Crippen molar-refractivity contribution in [2.45, 2.75) is 31.6 Å². The van der Waals surface area contributed by atoms with E-state index in [4.69, 9.17) is 0 Å². The quantitative estimate of drug-likeness (QED) is 0.170. The Morgan fingerprint density at radius 2 is 1.15 bits per heavy atom. The molecule has 0 fully saturated rings. The fraction of sp³-hybridized carbons (Fsp3) is 0.0980. The molecule has 1 unspecified atom stereocenters. The Bertz CT molecular complexity index is 2750. The average molecular weight is 681 g/mol. The van der Waals surface area contributed by atoms with Gasteiger partial charge in [-0.05, 0) is 100.0 Å². The highest BCUT2D eigenvalue weighted by Crippen LogP contribution is 2.50. The molecule has 2 aliphatic carbocycles. The second-order valence-electron chi connectivity index (χ2n) is 14.9. The molecule has 2 aliphatic rings. The van der Waals surface area contributed by atoms with Crippen LogP contribution in [0.15, 0.2) is 176 Å². The van der Waals surface area contributed by atoms with Crippen molar-refractivity contribution in [2.75, 3.05) is 4.90 Å². The van der Waals surface area contributed by atoms with Crippen LogP contribution in [-0.2, 0) is 5.41 Å². The molecular weight excluding hydrogens is 641 g/mol. The zero-order valence-electron chi connectivity index (χ0n) is 30.1. The molecule has 0 aliphatic heterocycles. The van der Waals surface area contributed by atoms with Gasteiger partial charge in [0.25, 0.3) is 0 Å². The average Bonchev–Trinajstić information content (AvgIpc) is 3.67. The minimum absolute atomic E-state index is 0.0789. The van der Waals surface area contributed by atoms with Crippen LogP contribution in [0.2, 0.25) is 0 Å². The summed E-state index contributed by atoms with van der Waals surface area (Å²) in [4.78, 5) is 2.42. The first kappa shape index (κ1) is 31.4. The standard InChI is InChI=1S/C51H40N2/c1-51(2)47-19-11-9-17-43(47)44-31-30-42(34-48(44)51)52(40-26-21-36(22-27-40)35-13-5-3-6-14-35)41-28-23-37(24-29-41)38-25-32-50-46(33-38)45-18-10-12-20-49(45)53(50)39-15-7-4-8-16-39/h3-24,26-34,38H,25H2,1-2H3. The van der Waals surface area contributed by atoms with Gasteiger partial charge < -0.3 is 9.47 Å². The highest BCUT2D eigenvalue weighted by atomic mass is 15.1. The number of rotatable bonds is 6. The van der Waals surface area contributed by atoms with Gasteiger partial charge in [0.05, 0.1) is 5.52 Å². The lowest BCUT2D eigenvalue weighted by atomic mass is 9.82. The topological polar surface area (TPSA) is 8.17 Å². The van der Waals surface area contributed by atoms with Gasteiger partial charge in [-0.2, -0.15) is 0 Å². The van der Waals surface area contributed by atoms with Crippen LogP contribution >= 0.6 is 0 Å². The molecule has 10 rings (SSSR count). The minimum Gasteiger partial charge on any atom is -0.310 e. The third-order valence-corrected chi connectivity index (χ3v) is 11.5. The van der Waals surface area contributed by atoms with E-state index < -0.39 is 0 Å². The summed E-state index contributed by atoms with van der Waals surface area (Å²) in [6.45, 7) is 4.71. The molecule has 2 heteroatoms. The molecule has 2 nitrogen and oxygen atoms in total. The van der Waals surface area contributed by atoms with Crippen LogP contribution in [0.3, 0.4) is 0 Å². The molecule has 53 heavy (non-hydrogen) atoms. The van der Waals surface area contributed by atoms with Crippen molar-refractivity contribution in [1.82, 2.24) is 4.57 Å². The number of fused-ring (bicyclic) bond motifs is 6. The zero-order valence-corrected chi connectivity index (χ0v) is 30.1. The van der Waals surface area contributed by atoms with Gasteiger partial charge in [-0.1, -0.05) is 147 Å². The number of benzene rings is 7. The van der Waals surface area contributed by atoms with Crippen LogP contribution in [-0.4, -0.2) is 4.57 Å². The van der Waals surface area contributed by atoms with Gasteiger partial charge in [0, 0.05) is 50.0 Å². The van der Waals surface area contributed by atoms with Crippen LogP contribution < -0.4 is 15.5 Å². The minimum atomic E-state index is -0.0789. The van der Waals surface area contributed by atoms with Gasteiger partial charge in [-0.15, -0.1) is 0 Å². The summed E-state index contributed by atoms with van der Waals surface area (Å²) >= 11 is 0. The first-order chi connectivity index (χ1) is 26.0. The van der Waals surface area contributed by atoms with Crippen LogP contribution in [0.5, 0.6) is 0 Å². The molecule has 1 aromatic heterocycles. The molecular formula is C51H40N2. The summed E-state index contributed by atoms with van der Waals surface area (Å²) in [5, 5.41) is 3.92. The maximum Gasteiger partial charge on any atom is 0.0540 e. The molecule has 254 valence electrons. The summed E-state index contributed by atoms with van der Waals surface area (Å²) in [5.74, 6) is 0.296. The van der Waals surface area contributed by atoms with E-state index in [0.29, 0.717) is 5.92 Å². The normalized spacial score (nSPS) is 15.2. The molecule has 1 atom stereocenters.